The lowest BCUT2D eigenvalue weighted by Crippen LogP contribution is -2.39. The fourth-order valence-electron chi connectivity index (χ4n) is 5.09. The number of hydrogen-bond acceptors (Lipinski definition) is 5. The second-order valence-corrected chi connectivity index (χ2v) is 10.6. The molecule has 35 heavy (non-hydrogen) atoms. The van der Waals surface area contributed by atoms with E-state index in [2.05, 4.69) is 45.9 Å². The van der Waals surface area contributed by atoms with Crippen molar-refractivity contribution >= 4 is 11.8 Å². The van der Waals surface area contributed by atoms with Crippen molar-refractivity contribution in [3.8, 4) is 0 Å². The lowest BCUT2D eigenvalue weighted by atomic mass is 9.91. The molecule has 0 saturated carbocycles. The van der Waals surface area contributed by atoms with Crippen LogP contribution in [0.3, 0.4) is 0 Å². The number of ether oxygens (including phenoxy) is 3. The highest BCUT2D eigenvalue weighted by molar-refractivity contribution is 5.81. The molecule has 0 spiro atoms. The van der Waals surface area contributed by atoms with Gasteiger partial charge in [-0.15, -0.1) is 0 Å². The molecule has 3 aliphatic rings. The summed E-state index contributed by atoms with van der Waals surface area (Å²) in [5.74, 6) is 0.231. The molecular weight excluding hydrogens is 440 g/mol. The molecule has 2 fully saturated rings. The third-order valence-corrected chi connectivity index (χ3v) is 7.28. The third kappa shape index (κ3) is 9.53. The molecule has 3 unspecified atom stereocenters. The molecule has 3 aliphatic heterocycles. The van der Waals surface area contributed by atoms with Crippen molar-refractivity contribution in [2.75, 3.05) is 0 Å². The Bertz CT molecular complexity index is 823. The molecular formula is C30H44O5. The van der Waals surface area contributed by atoms with Crippen molar-refractivity contribution < 1.29 is 23.8 Å². The first-order valence-corrected chi connectivity index (χ1v) is 13.5. The SMILES string of the molecule is CCC(C)=CC=CC=CC1OC(=O)CC2CC(=O)C[C@H](CC3CCC[C@H](C[C@@H](C)C=C[C@@H]1C)O3)O2. The van der Waals surface area contributed by atoms with Gasteiger partial charge in [0.15, 0.2) is 0 Å². The first-order chi connectivity index (χ1) is 16.8. The van der Waals surface area contributed by atoms with Crippen molar-refractivity contribution in [3.05, 3.63) is 48.1 Å². The number of hydrogen-bond donors (Lipinski definition) is 0. The maximum absolute atomic E-state index is 12.9. The monoisotopic (exact) mass is 484 g/mol. The summed E-state index contributed by atoms with van der Waals surface area (Å²) in [5, 5.41) is 0. The van der Waals surface area contributed by atoms with Crippen LogP contribution in [0.5, 0.6) is 0 Å². The largest absolute Gasteiger partial charge is 0.457 e. The average Bonchev–Trinajstić information content (AvgIpc) is 2.80. The summed E-state index contributed by atoms with van der Waals surface area (Å²) >= 11 is 0. The maximum atomic E-state index is 12.9. The van der Waals surface area contributed by atoms with E-state index in [9.17, 15) is 9.59 Å². The molecule has 0 aliphatic carbocycles. The smallest absolute Gasteiger partial charge is 0.309 e. The fraction of sp³-hybridized carbons (Fsp3) is 0.667. The molecule has 0 amide bonds. The van der Waals surface area contributed by atoms with Gasteiger partial charge in [0.25, 0.3) is 0 Å². The predicted molar refractivity (Wildman–Crippen MR) is 139 cm³/mol. The lowest BCUT2D eigenvalue weighted by molar-refractivity contribution is -0.158. The summed E-state index contributed by atoms with van der Waals surface area (Å²) in [4.78, 5) is 25.3. The molecule has 5 nitrogen and oxygen atoms in total. The maximum Gasteiger partial charge on any atom is 0.309 e. The van der Waals surface area contributed by atoms with Gasteiger partial charge in [0, 0.05) is 25.2 Å². The van der Waals surface area contributed by atoms with E-state index in [0.29, 0.717) is 12.3 Å². The molecule has 7 atom stereocenters. The molecule has 0 N–H and O–H groups in total. The van der Waals surface area contributed by atoms with Crippen LogP contribution in [-0.2, 0) is 23.8 Å². The van der Waals surface area contributed by atoms with Crippen LogP contribution in [0.4, 0.5) is 0 Å². The minimum absolute atomic E-state index is 0.0218. The van der Waals surface area contributed by atoms with Crippen LogP contribution in [0.1, 0.15) is 85.5 Å². The van der Waals surface area contributed by atoms with Crippen LogP contribution in [0, 0.1) is 11.8 Å². The predicted octanol–water partition coefficient (Wildman–Crippen LogP) is 6.43. The van der Waals surface area contributed by atoms with Crippen LogP contribution < -0.4 is 0 Å². The summed E-state index contributed by atoms with van der Waals surface area (Å²) in [6, 6.07) is 0. The Morgan fingerprint density at radius 2 is 1.63 bits per heavy atom. The highest BCUT2D eigenvalue weighted by Gasteiger charge is 2.34. The Hall–Kier alpha value is -1.98. The second-order valence-electron chi connectivity index (χ2n) is 10.6. The topological polar surface area (TPSA) is 61.8 Å². The number of esters is 1. The number of allylic oxidation sites excluding steroid dienone is 6. The molecule has 0 aromatic heterocycles. The summed E-state index contributed by atoms with van der Waals surface area (Å²) < 4.78 is 18.5. The van der Waals surface area contributed by atoms with E-state index in [1.807, 2.05) is 24.3 Å². The van der Waals surface area contributed by atoms with E-state index in [4.69, 9.17) is 14.2 Å². The zero-order chi connectivity index (χ0) is 25.2. The number of fused-ring (bicyclic) bond motifs is 4. The number of carbonyl (C=O) groups is 2. The minimum Gasteiger partial charge on any atom is -0.457 e. The number of carbonyl (C=O) groups excluding carboxylic acids is 2. The first kappa shape index (κ1) is 27.6. The Morgan fingerprint density at radius 1 is 0.914 bits per heavy atom. The Morgan fingerprint density at radius 3 is 2.40 bits per heavy atom. The van der Waals surface area contributed by atoms with Crippen molar-refractivity contribution in [2.24, 2.45) is 11.8 Å². The van der Waals surface area contributed by atoms with Crippen molar-refractivity contribution in [3.63, 3.8) is 0 Å². The van der Waals surface area contributed by atoms with Crippen LogP contribution in [-0.4, -0.2) is 42.3 Å². The highest BCUT2D eigenvalue weighted by atomic mass is 16.5. The number of rotatable bonds is 4. The van der Waals surface area contributed by atoms with Gasteiger partial charge in [-0.2, -0.15) is 0 Å². The van der Waals surface area contributed by atoms with E-state index in [-0.39, 0.29) is 54.9 Å². The van der Waals surface area contributed by atoms with Gasteiger partial charge >= 0.3 is 5.97 Å². The standard InChI is InChI=1S/C30H44O5/c1-5-21(2)10-7-6-8-13-29-23(4)15-14-22(3)16-25-11-9-12-26(33-25)19-27-17-24(31)18-28(34-27)20-30(32)35-29/h6-8,10,13-15,22-23,25-29H,5,9,11-12,16-20H2,1-4H3/t22-,23-,25+,26?,27+,28?,29?/m0/s1. The number of cyclic esters (lactones) is 1. The Labute approximate surface area is 211 Å². The second kappa shape index (κ2) is 13.9. The molecule has 3 rings (SSSR count). The lowest BCUT2D eigenvalue weighted by Gasteiger charge is -2.36. The van der Waals surface area contributed by atoms with Crippen molar-refractivity contribution in [2.45, 2.75) is 116 Å². The summed E-state index contributed by atoms with van der Waals surface area (Å²) in [6.45, 7) is 8.53. The quantitative estimate of drug-likeness (QED) is 0.261. The van der Waals surface area contributed by atoms with Gasteiger partial charge in [0.05, 0.1) is 30.8 Å². The summed E-state index contributed by atoms with van der Waals surface area (Å²) in [7, 11) is 0. The van der Waals surface area contributed by atoms with Crippen molar-refractivity contribution in [1.82, 2.24) is 0 Å². The molecule has 0 aromatic rings. The van der Waals surface area contributed by atoms with Gasteiger partial charge in [-0.3, -0.25) is 9.59 Å². The van der Waals surface area contributed by atoms with Crippen LogP contribution in [0.15, 0.2) is 48.1 Å². The molecule has 5 heteroatoms. The molecule has 2 saturated heterocycles. The number of Topliss-reactive ketones (excluding diaryl/α,β-unsaturated/α-hetero) is 1. The highest BCUT2D eigenvalue weighted by Crippen LogP contribution is 2.31. The fourth-order valence-corrected chi connectivity index (χ4v) is 5.09. The minimum atomic E-state index is -0.418. The van der Waals surface area contributed by atoms with Crippen molar-refractivity contribution in [1.29, 1.82) is 0 Å². The normalized spacial score (nSPS) is 36.0. The molecule has 4 bridgehead atoms. The zero-order valence-corrected chi connectivity index (χ0v) is 22.0. The van der Waals surface area contributed by atoms with Crippen LogP contribution in [0.2, 0.25) is 0 Å². The van der Waals surface area contributed by atoms with Gasteiger partial charge in [-0.1, -0.05) is 62.8 Å². The summed E-state index contributed by atoms with van der Waals surface area (Å²) in [5.41, 5.74) is 1.31. The Kier molecular flexibility index (Phi) is 11.0. The number of ketones is 1. The average molecular weight is 485 g/mol. The molecule has 3 heterocycles. The van der Waals surface area contributed by atoms with E-state index < -0.39 is 6.10 Å². The van der Waals surface area contributed by atoms with E-state index in [1.54, 1.807) is 0 Å². The van der Waals surface area contributed by atoms with E-state index >= 15 is 0 Å². The van der Waals surface area contributed by atoms with Gasteiger partial charge in [-0.05, 0) is 51.0 Å². The van der Waals surface area contributed by atoms with Crippen LogP contribution >= 0.6 is 0 Å². The van der Waals surface area contributed by atoms with E-state index in [1.165, 1.54) is 5.57 Å². The van der Waals surface area contributed by atoms with Crippen LogP contribution in [0.25, 0.3) is 0 Å². The van der Waals surface area contributed by atoms with Gasteiger partial charge in [0.2, 0.25) is 0 Å². The van der Waals surface area contributed by atoms with Gasteiger partial charge in [-0.25, -0.2) is 0 Å². The first-order valence-electron chi connectivity index (χ1n) is 13.5. The third-order valence-electron chi connectivity index (χ3n) is 7.28. The van der Waals surface area contributed by atoms with E-state index in [0.717, 1.165) is 38.5 Å². The Balaban J connectivity index is 1.76. The molecule has 0 radical (unpaired) electrons. The molecule has 0 aromatic carbocycles. The van der Waals surface area contributed by atoms with Gasteiger partial charge in [0.1, 0.15) is 11.9 Å². The zero-order valence-electron chi connectivity index (χ0n) is 22.0. The summed E-state index contributed by atoms with van der Waals surface area (Å²) in [6.07, 6.45) is 20.5. The molecule has 194 valence electrons. The van der Waals surface area contributed by atoms with Gasteiger partial charge < -0.3 is 14.2 Å².